The standard InChI is InChI=1S/C20H19ClN4OS/c1-2-3-12-27-20-23-19-17(24-25-20)15-6-4-5-7-16(15)22-18(26-19)13-8-10-14(21)11-9-13/h4-11,18,22H,2-3,12H2,1H3. The Morgan fingerprint density at radius 3 is 2.74 bits per heavy atom. The molecule has 0 fully saturated rings. The number of rotatable bonds is 5. The Labute approximate surface area is 167 Å². The molecule has 2 aromatic carbocycles. The normalized spacial score (nSPS) is 15.1. The molecule has 1 aliphatic rings. The van der Waals surface area contributed by atoms with Crippen LogP contribution < -0.4 is 10.1 Å². The van der Waals surface area contributed by atoms with Gasteiger partial charge >= 0.3 is 0 Å². The van der Waals surface area contributed by atoms with Crippen LogP contribution in [0.25, 0.3) is 11.3 Å². The summed E-state index contributed by atoms with van der Waals surface area (Å²) in [5.74, 6) is 1.45. The number of nitrogens with one attached hydrogen (secondary N) is 1. The molecule has 0 saturated carbocycles. The van der Waals surface area contributed by atoms with Crippen molar-refractivity contribution < 1.29 is 4.74 Å². The summed E-state index contributed by atoms with van der Waals surface area (Å²) in [6.45, 7) is 2.17. The molecule has 1 aromatic heterocycles. The van der Waals surface area contributed by atoms with Crippen molar-refractivity contribution in [3.05, 3.63) is 59.1 Å². The smallest absolute Gasteiger partial charge is 0.247 e. The fourth-order valence-electron chi connectivity index (χ4n) is 2.80. The number of halogens is 1. The van der Waals surface area contributed by atoms with Gasteiger partial charge in [0, 0.05) is 27.6 Å². The quantitative estimate of drug-likeness (QED) is 0.446. The second kappa shape index (κ2) is 8.15. The molecule has 27 heavy (non-hydrogen) atoms. The molecule has 5 nitrogen and oxygen atoms in total. The van der Waals surface area contributed by atoms with E-state index in [1.165, 1.54) is 0 Å². The summed E-state index contributed by atoms with van der Waals surface area (Å²) in [5.41, 5.74) is 3.46. The molecule has 0 saturated heterocycles. The topological polar surface area (TPSA) is 59.9 Å². The third-order valence-corrected chi connectivity index (χ3v) is 5.41. The fourth-order valence-corrected chi connectivity index (χ4v) is 3.79. The van der Waals surface area contributed by atoms with Crippen molar-refractivity contribution >= 4 is 29.1 Å². The molecule has 3 aromatic rings. The van der Waals surface area contributed by atoms with Crippen LogP contribution in [0.5, 0.6) is 5.88 Å². The van der Waals surface area contributed by atoms with E-state index in [-0.39, 0.29) is 0 Å². The minimum Gasteiger partial charge on any atom is -0.448 e. The van der Waals surface area contributed by atoms with E-state index >= 15 is 0 Å². The van der Waals surface area contributed by atoms with E-state index in [9.17, 15) is 0 Å². The van der Waals surface area contributed by atoms with Crippen LogP contribution in [0.4, 0.5) is 5.69 Å². The zero-order valence-electron chi connectivity index (χ0n) is 14.9. The highest BCUT2D eigenvalue weighted by atomic mass is 35.5. The second-order valence-corrected chi connectivity index (χ2v) is 7.69. The second-order valence-electron chi connectivity index (χ2n) is 6.19. The van der Waals surface area contributed by atoms with Gasteiger partial charge in [-0.2, -0.15) is 4.98 Å². The van der Waals surface area contributed by atoms with Gasteiger partial charge in [0.15, 0.2) is 11.9 Å². The maximum atomic E-state index is 6.23. The molecule has 0 aliphatic carbocycles. The summed E-state index contributed by atoms with van der Waals surface area (Å²) < 4.78 is 6.23. The van der Waals surface area contributed by atoms with Gasteiger partial charge in [0.2, 0.25) is 11.0 Å². The Bertz CT molecular complexity index is 936. The molecule has 1 N–H and O–H groups in total. The summed E-state index contributed by atoms with van der Waals surface area (Å²) in [4.78, 5) is 4.64. The van der Waals surface area contributed by atoms with Gasteiger partial charge in [0.1, 0.15) is 0 Å². The molecule has 7 heteroatoms. The van der Waals surface area contributed by atoms with E-state index in [1.807, 2.05) is 48.5 Å². The van der Waals surface area contributed by atoms with Crippen molar-refractivity contribution in [2.75, 3.05) is 11.1 Å². The number of para-hydroxylation sites is 1. The third-order valence-electron chi connectivity index (χ3n) is 4.24. The molecular formula is C20H19ClN4OS. The van der Waals surface area contributed by atoms with Gasteiger partial charge < -0.3 is 10.1 Å². The van der Waals surface area contributed by atoms with Crippen LogP contribution in [0.15, 0.2) is 53.7 Å². The SMILES string of the molecule is CCCCSc1nnc2c(n1)OC(c1ccc(Cl)cc1)Nc1ccccc1-2. The molecule has 0 bridgehead atoms. The molecule has 1 atom stereocenters. The summed E-state index contributed by atoms with van der Waals surface area (Å²) in [7, 11) is 0. The van der Waals surface area contributed by atoms with E-state index in [0.717, 1.165) is 35.4 Å². The Morgan fingerprint density at radius 1 is 1.11 bits per heavy atom. The van der Waals surface area contributed by atoms with Gasteiger partial charge in [-0.3, -0.25) is 0 Å². The number of fused-ring (bicyclic) bond motifs is 3. The van der Waals surface area contributed by atoms with Crippen molar-refractivity contribution in [3.63, 3.8) is 0 Å². The van der Waals surface area contributed by atoms with Gasteiger partial charge in [-0.1, -0.05) is 67.0 Å². The lowest BCUT2D eigenvalue weighted by Crippen LogP contribution is -2.17. The predicted octanol–water partition coefficient (Wildman–Crippen LogP) is 5.59. The molecule has 0 amide bonds. The van der Waals surface area contributed by atoms with E-state index in [0.29, 0.717) is 21.8 Å². The van der Waals surface area contributed by atoms with E-state index < -0.39 is 6.23 Å². The lowest BCUT2D eigenvalue weighted by molar-refractivity contribution is 0.225. The van der Waals surface area contributed by atoms with Crippen molar-refractivity contribution in [3.8, 4) is 17.1 Å². The summed E-state index contributed by atoms with van der Waals surface area (Å²) in [5, 5.41) is 13.5. The number of ether oxygens (including phenoxy) is 1. The van der Waals surface area contributed by atoms with Gasteiger partial charge in [0.05, 0.1) is 0 Å². The van der Waals surface area contributed by atoms with E-state index in [4.69, 9.17) is 16.3 Å². The van der Waals surface area contributed by atoms with Crippen LogP contribution >= 0.6 is 23.4 Å². The minimum atomic E-state index is -0.394. The van der Waals surface area contributed by atoms with E-state index in [1.54, 1.807) is 11.8 Å². The van der Waals surface area contributed by atoms with Gasteiger partial charge in [0.25, 0.3) is 0 Å². The van der Waals surface area contributed by atoms with Crippen molar-refractivity contribution in [1.82, 2.24) is 15.2 Å². The average molecular weight is 399 g/mol. The van der Waals surface area contributed by atoms with Crippen LogP contribution in [0.1, 0.15) is 31.6 Å². The largest absolute Gasteiger partial charge is 0.448 e. The number of aromatic nitrogens is 3. The average Bonchev–Trinajstić information content (AvgIpc) is 2.85. The fraction of sp³-hybridized carbons (Fsp3) is 0.250. The maximum absolute atomic E-state index is 6.23. The number of hydrogen-bond donors (Lipinski definition) is 1. The molecule has 0 spiro atoms. The molecule has 1 aliphatic heterocycles. The molecule has 138 valence electrons. The summed E-state index contributed by atoms with van der Waals surface area (Å²) in [6.07, 6.45) is 1.86. The van der Waals surface area contributed by atoms with Gasteiger partial charge in [-0.05, 0) is 24.6 Å². The monoisotopic (exact) mass is 398 g/mol. The van der Waals surface area contributed by atoms with Crippen LogP contribution in [0, 0.1) is 0 Å². The first-order valence-electron chi connectivity index (χ1n) is 8.90. The molecule has 2 heterocycles. The number of nitrogens with zero attached hydrogens (tertiary/aromatic N) is 3. The van der Waals surface area contributed by atoms with Gasteiger partial charge in [-0.25, -0.2) is 0 Å². The zero-order valence-corrected chi connectivity index (χ0v) is 16.4. The first-order chi connectivity index (χ1) is 13.2. The zero-order chi connectivity index (χ0) is 18.6. The minimum absolute atomic E-state index is 0.394. The summed E-state index contributed by atoms with van der Waals surface area (Å²) in [6, 6.07) is 15.5. The lowest BCUT2D eigenvalue weighted by atomic mass is 10.1. The Kier molecular flexibility index (Phi) is 5.45. The van der Waals surface area contributed by atoms with Crippen molar-refractivity contribution in [1.29, 1.82) is 0 Å². The lowest BCUT2D eigenvalue weighted by Gasteiger charge is -2.19. The number of anilines is 1. The van der Waals surface area contributed by atoms with Crippen molar-refractivity contribution in [2.24, 2.45) is 0 Å². The maximum Gasteiger partial charge on any atom is 0.247 e. The molecule has 4 rings (SSSR count). The van der Waals surface area contributed by atoms with Crippen molar-refractivity contribution in [2.45, 2.75) is 31.1 Å². The van der Waals surface area contributed by atoms with Crippen LogP contribution in [0.3, 0.4) is 0 Å². The number of unbranched alkanes of at least 4 members (excludes halogenated alkanes) is 1. The Hall–Kier alpha value is -2.31. The first kappa shape index (κ1) is 18.1. The molecule has 1 unspecified atom stereocenters. The third kappa shape index (κ3) is 4.01. The highest BCUT2D eigenvalue weighted by Crippen LogP contribution is 2.39. The number of benzene rings is 2. The predicted molar refractivity (Wildman–Crippen MR) is 109 cm³/mol. The number of hydrogen-bond acceptors (Lipinski definition) is 6. The van der Waals surface area contributed by atoms with Crippen LogP contribution in [0.2, 0.25) is 5.02 Å². The Morgan fingerprint density at radius 2 is 1.93 bits per heavy atom. The molecular weight excluding hydrogens is 380 g/mol. The van der Waals surface area contributed by atoms with Crippen LogP contribution in [-0.4, -0.2) is 20.9 Å². The molecule has 0 radical (unpaired) electrons. The Balaban J connectivity index is 1.73. The highest BCUT2D eigenvalue weighted by Gasteiger charge is 2.25. The van der Waals surface area contributed by atoms with E-state index in [2.05, 4.69) is 27.4 Å². The first-order valence-corrected chi connectivity index (χ1v) is 10.3. The van der Waals surface area contributed by atoms with Gasteiger partial charge in [-0.15, -0.1) is 10.2 Å². The number of thioether (sulfide) groups is 1. The highest BCUT2D eigenvalue weighted by molar-refractivity contribution is 7.99. The van der Waals surface area contributed by atoms with Crippen LogP contribution in [-0.2, 0) is 0 Å². The summed E-state index contributed by atoms with van der Waals surface area (Å²) >= 11 is 7.63.